The van der Waals surface area contributed by atoms with Crippen molar-refractivity contribution in [3.05, 3.63) is 41.5 Å². The van der Waals surface area contributed by atoms with E-state index in [4.69, 9.17) is 9.26 Å². The summed E-state index contributed by atoms with van der Waals surface area (Å²) in [6, 6.07) is 5.67. The van der Waals surface area contributed by atoms with E-state index in [-0.39, 0.29) is 36.4 Å². The largest absolute Gasteiger partial charge is 0.462 e. The number of nitrogens with one attached hydrogen (secondary N) is 1. The molecule has 0 bridgehead atoms. The molecule has 2 aromatic rings. The second-order valence-corrected chi connectivity index (χ2v) is 10.1. The highest BCUT2D eigenvalue weighted by molar-refractivity contribution is 7.89. The maximum absolute atomic E-state index is 13.0. The Morgan fingerprint density at radius 3 is 2.38 bits per heavy atom. The van der Waals surface area contributed by atoms with E-state index >= 15 is 0 Å². The van der Waals surface area contributed by atoms with Crippen molar-refractivity contribution in [2.45, 2.75) is 51.0 Å². The van der Waals surface area contributed by atoms with Gasteiger partial charge in [-0.05, 0) is 57.9 Å². The van der Waals surface area contributed by atoms with Crippen LogP contribution >= 0.6 is 0 Å². The van der Waals surface area contributed by atoms with Crippen LogP contribution in [0.15, 0.2) is 33.7 Å². The maximum atomic E-state index is 13.0. The van der Waals surface area contributed by atoms with E-state index in [0.717, 1.165) is 0 Å². The number of hydrogen-bond acceptors (Lipinski definition) is 8. The molecule has 1 aromatic heterocycles. The molecule has 1 amide bonds. The van der Waals surface area contributed by atoms with E-state index in [1.807, 2.05) is 0 Å². The van der Waals surface area contributed by atoms with Crippen molar-refractivity contribution in [2.75, 3.05) is 19.7 Å². The standard InChI is InChI=1S/C21H28N4O6S/c1-5-30-19(27)16-6-8-17(9-7-16)32(28,29)25-12-10-15(11-13-25)18(26)23-21(3,4)20-22-14(2)31-24-20/h6-9,15H,5,10-13H2,1-4H3,(H,23,26). The number of ether oxygens (including phenoxy) is 1. The monoisotopic (exact) mass is 464 g/mol. The van der Waals surface area contributed by atoms with Gasteiger partial charge in [0.25, 0.3) is 0 Å². The van der Waals surface area contributed by atoms with Crippen molar-refractivity contribution >= 4 is 21.9 Å². The van der Waals surface area contributed by atoms with Crippen molar-refractivity contribution in [3.63, 3.8) is 0 Å². The molecular weight excluding hydrogens is 436 g/mol. The number of benzene rings is 1. The zero-order valence-corrected chi connectivity index (χ0v) is 19.4. The van der Waals surface area contributed by atoms with Gasteiger partial charge in [-0.25, -0.2) is 13.2 Å². The summed E-state index contributed by atoms with van der Waals surface area (Å²) in [5.41, 5.74) is -0.515. The molecule has 11 heteroatoms. The van der Waals surface area contributed by atoms with Crippen molar-refractivity contribution in [1.82, 2.24) is 19.8 Å². The highest BCUT2D eigenvalue weighted by atomic mass is 32.2. The van der Waals surface area contributed by atoms with Crippen molar-refractivity contribution in [3.8, 4) is 0 Å². The minimum Gasteiger partial charge on any atom is -0.462 e. The number of sulfonamides is 1. The molecule has 0 aliphatic carbocycles. The number of esters is 1. The molecule has 10 nitrogen and oxygen atoms in total. The summed E-state index contributed by atoms with van der Waals surface area (Å²) in [7, 11) is -3.72. The number of amides is 1. The number of carbonyl (C=O) groups excluding carboxylic acids is 2. The van der Waals surface area contributed by atoms with Gasteiger partial charge in [-0.1, -0.05) is 5.16 Å². The number of nitrogens with zero attached hydrogens (tertiary/aromatic N) is 3. The number of aryl methyl sites for hydroxylation is 1. The zero-order valence-electron chi connectivity index (χ0n) is 18.6. The van der Waals surface area contributed by atoms with Crippen LogP contribution in [-0.2, 0) is 25.1 Å². The van der Waals surface area contributed by atoms with Gasteiger partial charge in [0.1, 0.15) is 0 Å². The number of aromatic nitrogens is 2. The van der Waals surface area contributed by atoms with Crippen molar-refractivity contribution in [1.29, 1.82) is 0 Å². The summed E-state index contributed by atoms with van der Waals surface area (Å²) in [4.78, 5) is 28.8. The maximum Gasteiger partial charge on any atom is 0.338 e. The van der Waals surface area contributed by atoms with Crippen LogP contribution < -0.4 is 5.32 Å². The number of hydrogen-bond donors (Lipinski definition) is 1. The lowest BCUT2D eigenvalue weighted by molar-refractivity contribution is -0.128. The van der Waals surface area contributed by atoms with Gasteiger partial charge in [0.15, 0.2) is 5.82 Å². The molecule has 1 aliphatic rings. The molecule has 0 atom stereocenters. The summed E-state index contributed by atoms with van der Waals surface area (Å²) >= 11 is 0. The van der Waals surface area contributed by atoms with Gasteiger partial charge in [0.05, 0.1) is 22.6 Å². The van der Waals surface area contributed by atoms with Gasteiger partial charge in [-0.15, -0.1) is 0 Å². The zero-order chi connectivity index (χ0) is 23.5. The van der Waals surface area contributed by atoms with E-state index in [2.05, 4.69) is 15.5 Å². The molecule has 0 spiro atoms. The molecular formula is C21H28N4O6S. The first kappa shape index (κ1) is 23.9. The van der Waals surface area contributed by atoms with Crippen LogP contribution in [0.25, 0.3) is 0 Å². The lowest BCUT2D eigenvalue weighted by atomic mass is 9.95. The number of rotatable bonds is 7. The number of piperidine rings is 1. The molecule has 0 radical (unpaired) electrons. The molecule has 3 rings (SSSR count). The highest BCUT2D eigenvalue weighted by Crippen LogP contribution is 2.26. The minimum atomic E-state index is -3.72. The first-order valence-corrected chi connectivity index (χ1v) is 11.9. The van der Waals surface area contributed by atoms with Crippen LogP contribution in [0.1, 0.15) is 55.7 Å². The first-order valence-electron chi connectivity index (χ1n) is 10.4. The summed E-state index contributed by atoms with van der Waals surface area (Å²) in [5, 5.41) is 6.81. The Hall–Kier alpha value is -2.79. The Kier molecular flexibility index (Phi) is 6.99. The van der Waals surface area contributed by atoms with Gasteiger partial charge < -0.3 is 14.6 Å². The second-order valence-electron chi connectivity index (χ2n) is 8.17. The molecule has 1 saturated heterocycles. The third kappa shape index (κ3) is 5.16. The van der Waals surface area contributed by atoms with Crippen molar-refractivity contribution in [2.24, 2.45) is 5.92 Å². The summed E-state index contributed by atoms with van der Waals surface area (Å²) in [5.74, 6) is -0.193. The predicted octanol–water partition coefficient (Wildman–Crippen LogP) is 2.01. The molecule has 1 N–H and O–H groups in total. The van der Waals surface area contributed by atoms with Crippen LogP contribution in [0.5, 0.6) is 0 Å². The molecule has 174 valence electrons. The third-order valence-electron chi connectivity index (χ3n) is 5.35. The average Bonchev–Trinajstić information content (AvgIpc) is 3.21. The second kappa shape index (κ2) is 9.37. The molecule has 1 aliphatic heterocycles. The molecule has 0 unspecified atom stereocenters. The Morgan fingerprint density at radius 1 is 1.22 bits per heavy atom. The third-order valence-corrected chi connectivity index (χ3v) is 7.26. The fourth-order valence-corrected chi connectivity index (χ4v) is 4.97. The molecule has 0 saturated carbocycles. The summed E-state index contributed by atoms with van der Waals surface area (Å²) in [6.45, 7) is 7.64. The van der Waals surface area contributed by atoms with Crippen LogP contribution in [0.2, 0.25) is 0 Å². The molecule has 32 heavy (non-hydrogen) atoms. The van der Waals surface area contributed by atoms with Crippen LogP contribution in [0.4, 0.5) is 0 Å². The average molecular weight is 465 g/mol. The van der Waals surface area contributed by atoms with Crippen LogP contribution in [0, 0.1) is 12.8 Å². The quantitative estimate of drug-likeness (QED) is 0.616. The van der Waals surface area contributed by atoms with Gasteiger partial charge >= 0.3 is 5.97 Å². The Labute approximate surface area is 187 Å². The Bertz CT molecular complexity index is 1070. The predicted molar refractivity (Wildman–Crippen MR) is 114 cm³/mol. The van der Waals surface area contributed by atoms with Gasteiger partial charge in [-0.3, -0.25) is 4.79 Å². The first-order chi connectivity index (χ1) is 15.0. The fourth-order valence-electron chi connectivity index (χ4n) is 3.50. The van der Waals surface area contributed by atoms with Crippen LogP contribution in [-0.4, -0.2) is 54.4 Å². The van der Waals surface area contributed by atoms with Crippen LogP contribution in [0.3, 0.4) is 0 Å². The lowest BCUT2D eigenvalue weighted by Crippen LogP contribution is -2.48. The number of carbonyl (C=O) groups is 2. The molecule has 1 aromatic carbocycles. The smallest absolute Gasteiger partial charge is 0.338 e. The molecule has 2 heterocycles. The minimum absolute atomic E-state index is 0.0991. The Morgan fingerprint density at radius 2 is 1.84 bits per heavy atom. The van der Waals surface area contributed by atoms with E-state index in [9.17, 15) is 18.0 Å². The normalized spacial score (nSPS) is 16.0. The van der Waals surface area contributed by atoms with E-state index in [1.54, 1.807) is 27.7 Å². The van der Waals surface area contributed by atoms with E-state index in [0.29, 0.717) is 30.1 Å². The van der Waals surface area contributed by atoms with Crippen molar-refractivity contribution < 1.29 is 27.3 Å². The Balaban J connectivity index is 1.60. The SMILES string of the molecule is CCOC(=O)c1ccc(S(=O)(=O)N2CCC(C(=O)NC(C)(C)c3noc(C)n3)CC2)cc1. The summed E-state index contributed by atoms with van der Waals surface area (Å²) < 4.78 is 37.2. The van der Waals surface area contributed by atoms with Gasteiger partial charge in [0, 0.05) is 25.9 Å². The lowest BCUT2D eigenvalue weighted by Gasteiger charge is -2.32. The highest BCUT2D eigenvalue weighted by Gasteiger charge is 2.35. The van der Waals surface area contributed by atoms with Gasteiger partial charge in [0.2, 0.25) is 21.8 Å². The summed E-state index contributed by atoms with van der Waals surface area (Å²) in [6.07, 6.45) is 0.792. The van der Waals surface area contributed by atoms with E-state index in [1.165, 1.54) is 28.6 Å². The van der Waals surface area contributed by atoms with E-state index < -0.39 is 21.5 Å². The fraction of sp³-hybridized carbons (Fsp3) is 0.524. The van der Waals surface area contributed by atoms with Gasteiger partial charge in [-0.2, -0.15) is 9.29 Å². The topological polar surface area (TPSA) is 132 Å². The molecule has 1 fully saturated rings.